The summed E-state index contributed by atoms with van der Waals surface area (Å²) in [4.78, 5) is 2.27. The summed E-state index contributed by atoms with van der Waals surface area (Å²) in [5.74, 6) is 0. The fourth-order valence-electron chi connectivity index (χ4n) is 1.93. The van der Waals surface area contributed by atoms with Crippen LogP contribution < -0.4 is 5.32 Å². The first-order valence-corrected chi connectivity index (χ1v) is 4.74. The lowest BCUT2D eigenvalue weighted by Gasteiger charge is -2.31. The number of rotatable bonds is 1. The van der Waals surface area contributed by atoms with Gasteiger partial charge in [-0.25, -0.2) is 0 Å². The van der Waals surface area contributed by atoms with Gasteiger partial charge in [-0.3, -0.25) is 0 Å². The lowest BCUT2D eigenvalue weighted by Crippen LogP contribution is -2.35. The van der Waals surface area contributed by atoms with Gasteiger partial charge < -0.3 is 10.2 Å². The molecule has 1 aromatic rings. The molecule has 0 unspecified atom stereocenters. The first-order valence-electron chi connectivity index (χ1n) is 4.74. The molecule has 0 fully saturated rings. The molecule has 70 valence electrons. The second kappa shape index (κ2) is 3.48. The van der Waals surface area contributed by atoms with Crippen molar-refractivity contribution in [2.45, 2.75) is 12.6 Å². The van der Waals surface area contributed by atoms with Gasteiger partial charge in [-0.1, -0.05) is 24.3 Å². The average molecular weight is 176 g/mol. The van der Waals surface area contributed by atoms with Gasteiger partial charge in [0.2, 0.25) is 0 Å². The molecule has 2 nitrogen and oxygen atoms in total. The predicted octanol–water partition coefficient (Wildman–Crippen LogP) is 1.39. The first kappa shape index (κ1) is 8.73. The maximum Gasteiger partial charge on any atom is 0.0470 e. The molecule has 1 aromatic carbocycles. The van der Waals surface area contributed by atoms with Gasteiger partial charge in [0, 0.05) is 19.1 Å². The summed E-state index contributed by atoms with van der Waals surface area (Å²) in [7, 11) is 4.27. The number of nitrogens with one attached hydrogen (secondary N) is 1. The lowest BCUT2D eigenvalue weighted by molar-refractivity contribution is 0.276. The van der Waals surface area contributed by atoms with Crippen molar-refractivity contribution in [3.05, 3.63) is 35.4 Å². The first-order chi connectivity index (χ1) is 6.29. The third-order valence-corrected chi connectivity index (χ3v) is 2.69. The van der Waals surface area contributed by atoms with E-state index >= 15 is 0 Å². The number of nitrogens with zero attached hydrogens (tertiary/aromatic N) is 1. The van der Waals surface area contributed by atoms with E-state index in [0.717, 1.165) is 13.1 Å². The van der Waals surface area contributed by atoms with E-state index in [0.29, 0.717) is 6.04 Å². The van der Waals surface area contributed by atoms with Gasteiger partial charge in [-0.05, 0) is 25.2 Å². The highest BCUT2D eigenvalue weighted by molar-refractivity contribution is 5.32. The van der Waals surface area contributed by atoms with E-state index in [1.54, 1.807) is 0 Å². The second-order valence-electron chi connectivity index (χ2n) is 3.81. The van der Waals surface area contributed by atoms with E-state index in [4.69, 9.17) is 0 Å². The molecule has 0 saturated carbocycles. The normalized spacial score (nSPS) is 21.6. The molecule has 0 amide bonds. The van der Waals surface area contributed by atoms with Crippen molar-refractivity contribution >= 4 is 0 Å². The molecule has 0 aliphatic carbocycles. The zero-order chi connectivity index (χ0) is 9.26. The molecule has 0 bridgehead atoms. The Balaban J connectivity index is 2.37. The average Bonchev–Trinajstić information content (AvgIpc) is 2.17. The Hall–Kier alpha value is -0.860. The maximum absolute atomic E-state index is 3.43. The van der Waals surface area contributed by atoms with E-state index in [1.165, 1.54) is 11.1 Å². The number of hydrogen-bond donors (Lipinski definition) is 1. The van der Waals surface area contributed by atoms with Gasteiger partial charge in [0.15, 0.2) is 0 Å². The highest BCUT2D eigenvalue weighted by atomic mass is 15.1. The van der Waals surface area contributed by atoms with Crippen LogP contribution in [0.25, 0.3) is 0 Å². The number of likely N-dealkylation sites (N-methyl/N-ethyl adjacent to an activating group) is 1. The Morgan fingerprint density at radius 3 is 2.85 bits per heavy atom. The molecule has 2 heteroatoms. The summed E-state index contributed by atoms with van der Waals surface area (Å²) in [6.07, 6.45) is 0. The monoisotopic (exact) mass is 176 g/mol. The largest absolute Gasteiger partial charge is 0.311 e. The van der Waals surface area contributed by atoms with Gasteiger partial charge in [-0.2, -0.15) is 0 Å². The quantitative estimate of drug-likeness (QED) is 0.695. The SMILES string of the molecule is CN(C)[C@H]1CNCc2ccccc21. The molecule has 1 aliphatic heterocycles. The van der Waals surface area contributed by atoms with Crippen LogP contribution in [0.2, 0.25) is 0 Å². The van der Waals surface area contributed by atoms with Gasteiger partial charge in [0.25, 0.3) is 0 Å². The standard InChI is InChI=1S/C11H16N2/c1-13(2)11-8-12-7-9-5-3-4-6-10(9)11/h3-6,11-12H,7-8H2,1-2H3/t11-/m0/s1. The summed E-state index contributed by atoms with van der Waals surface area (Å²) >= 11 is 0. The molecule has 1 N–H and O–H groups in total. The van der Waals surface area contributed by atoms with Crippen LogP contribution in [0, 0.1) is 0 Å². The van der Waals surface area contributed by atoms with Crippen LogP contribution in [0.3, 0.4) is 0 Å². The van der Waals surface area contributed by atoms with Crippen LogP contribution >= 0.6 is 0 Å². The smallest absolute Gasteiger partial charge is 0.0470 e. The van der Waals surface area contributed by atoms with Crippen molar-refractivity contribution in [2.24, 2.45) is 0 Å². The van der Waals surface area contributed by atoms with Gasteiger partial charge in [0.1, 0.15) is 0 Å². The summed E-state index contributed by atoms with van der Waals surface area (Å²) in [6, 6.07) is 9.21. The van der Waals surface area contributed by atoms with E-state index < -0.39 is 0 Å². The summed E-state index contributed by atoms with van der Waals surface area (Å²) in [6.45, 7) is 2.07. The van der Waals surface area contributed by atoms with Crippen molar-refractivity contribution in [3.8, 4) is 0 Å². The van der Waals surface area contributed by atoms with Crippen LogP contribution in [-0.2, 0) is 6.54 Å². The fourth-order valence-corrected chi connectivity index (χ4v) is 1.93. The van der Waals surface area contributed by atoms with Crippen LogP contribution in [0.4, 0.5) is 0 Å². The molecule has 0 radical (unpaired) electrons. The number of hydrogen-bond acceptors (Lipinski definition) is 2. The Morgan fingerprint density at radius 2 is 2.08 bits per heavy atom. The Morgan fingerprint density at radius 1 is 1.31 bits per heavy atom. The highest BCUT2D eigenvalue weighted by Gasteiger charge is 2.20. The molecule has 1 heterocycles. The predicted molar refractivity (Wildman–Crippen MR) is 54.6 cm³/mol. The van der Waals surface area contributed by atoms with E-state index in [-0.39, 0.29) is 0 Å². The minimum atomic E-state index is 0.532. The molecule has 0 spiro atoms. The van der Waals surface area contributed by atoms with Crippen LogP contribution in [0.1, 0.15) is 17.2 Å². The summed E-state index contributed by atoms with van der Waals surface area (Å²) in [5, 5.41) is 3.43. The Bertz CT molecular complexity index is 294. The van der Waals surface area contributed by atoms with E-state index in [9.17, 15) is 0 Å². The molecular weight excluding hydrogens is 160 g/mol. The summed E-state index contributed by atoms with van der Waals surface area (Å²) in [5.41, 5.74) is 2.92. The number of fused-ring (bicyclic) bond motifs is 1. The molecular formula is C11H16N2. The van der Waals surface area contributed by atoms with E-state index in [2.05, 4.69) is 48.6 Å². The van der Waals surface area contributed by atoms with Gasteiger partial charge in [-0.15, -0.1) is 0 Å². The molecule has 13 heavy (non-hydrogen) atoms. The van der Waals surface area contributed by atoms with Crippen molar-refractivity contribution in [1.82, 2.24) is 10.2 Å². The molecule has 2 rings (SSSR count). The highest BCUT2D eigenvalue weighted by Crippen LogP contribution is 2.24. The lowest BCUT2D eigenvalue weighted by atomic mass is 9.96. The third-order valence-electron chi connectivity index (χ3n) is 2.69. The number of benzene rings is 1. The van der Waals surface area contributed by atoms with E-state index in [1.807, 2.05) is 0 Å². The van der Waals surface area contributed by atoms with Crippen molar-refractivity contribution in [1.29, 1.82) is 0 Å². The molecule has 0 aromatic heterocycles. The molecule has 1 aliphatic rings. The third kappa shape index (κ3) is 1.60. The van der Waals surface area contributed by atoms with Crippen molar-refractivity contribution in [2.75, 3.05) is 20.6 Å². The fraction of sp³-hybridized carbons (Fsp3) is 0.455. The Labute approximate surface area is 79.6 Å². The molecule has 1 atom stereocenters. The minimum absolute atomic E-state index is 0.532. The Kier molecular flexibility index (Phi) is 2.34. The zero-order valence-electron chi connectivity index (χ0n) is 8.25. The minimum Gasteiger partial charge on any atom is -0.311 e. The van der Waals surface area contributed by atoms with Crippen molar-refractivity contribution < 1.29 is 0 Å². The second-order valence-corrected chi connectivity index (χ2v) is 3.81. The van der Waals surface area contributed by atoms with Crippen molar-refractivity contribution in [3.63, 3.8) is 0 Å². The van der Waals surface area contributed by atoms with Gasteiger partial charge in [0.05, 0.1) is 0 Å². The van der Waals surface area contributed by atoms with Crippen LogP contribution in [0.5, 0.6) is 0 Å². The van der Waals surface area contributed by atoms with Crippen LogP contribution in [0.15, 0.2) is 24.3 Å². The topological polar surface area (TPSA) is 15.3 Å². The summed E-state index contributed by atoms with van der Waals surface area (Å²) < 4.78 is 0. The molecule has 0 saturated heterocycles. The van der Waals surface area contributed by atoms with Gasteiger partial charge >= 0.3 is 0 Å². The maximum atomic E-state index is 3.43. The van der Waals surface area contributed by atoms with Crippen LogP contribution in [-0.4, -0.2) is 25.5 Å². The zero-order valence-corrected chi connectivity index (χ0v) is 8.25.